The van der Waals surface area contributed by atoms with Crippen molar-refractivity contribution in [2.24, 2.45) is 11.3 Å². The smallest absolute Gasteiger partial charge is 0.0205 e. The normalized spacial score (nSPS) is 16.2. The van der Waals surface area contributed by atoms with Gasteiger partial charge in [0.15, 0.2) is 0 Å². The van der Waals surface area contributed by atoms with Crippen molar-refractivity contribution in [3.8, 4) is 0 Å². The maximum atomic E-state index is 4.57. The third kappa shape index (κ3) is 23.6. The molecule has 1 nitrogen and oxygen atoms in total. The Bertz CT molecular complexity index is 1330. The van der Waals surface area contributed by atoms with E-state index in [9.17, 15) is 0 Å². The summed E-state index contributed by atoms with van der Waals surface area (Å²) in [5.74, 6) is 1.18. The molecule has 2 aliphatic rings. The van der Waals surface area contributed by atoms with Gasteiger partial charge in [-0.1, -0.05) is 185 Å². The van der Waals surface area contributed by atoms with Gasteiger partial charge in [-0.2, -0.15) is 0 Å². The Morgan fingerprint density at radius 1 is 0.873 bits per heavy atom. The Labute approximate surface area is 346 Å². The highest BCUT2D eigenvalue weighted by atomic mass is 31.1. The van der Waals surface area contributed by atoms with Crippen molar-refractivity contribution in [1.29, 1.82) is 0 Å². The van der Waals surface area contributed by atoms with Crippen LogP contribution in [0.3, 0.4) is 0 Å². The van der Waals surface area contributed by atoms with Gasteiger partial charge in [0.05, 0.1) is 0 Å². The Morgan fingerprint density at radius 3 is 2.07 bits per heavy atom. The van der Waals surface area contributed by atoms with Crippen molar-refractivity contribution >= 4 is 8.58 Å². The lowest BCUT2D eigenvalue weighted by Crippen LogP contribution is -2.29. The van der Waals surface area contributed by atoms with E-state index >= 15 is 0 Å². The molecule has 2 aromatic rings. The first kappa shape index (κ1) is 52.8. The van der Waals surface area contributed by atoms with E-state index in [2.05, 4.69) is 155 Å². The summed E-state index contributed by atoms with van der Waals surface area (Å²) in [5, 5.41) is 3.61. The van der Waals surface area contributed by atoms with E-state index in [1.54, 1.807) is 22.3 Å². The predicted molar refractivity (Wildman–Crippen MR) is 257 cm³/mol. The van der Waals surface area contributed by atoms with Gasteiger partial charge < -0.3 is 5.32 Å². The molecule has 2 aromatic carbocycles. The van der Waals surface area contributed by atoms with Crippen LogP contribution < -0.4 is 5.32 Å². The van der Waals surface area contributed by atoms with Crippen molar-refractivity contribution < 1.29 is 0 Å². The fourth-order valence-electron chi connectivity index (χ4n) is 7.22. The number of aryl methyl sites for hydroxylation is 2. The van der Waals surface area contributed by atoms with Crippen molar-refractivity contribution in [2.75, 3.05) is 19.4 Å². The fourth-order valence-corrected chi connectivity index (χ4v) is 7.22. The summed E-state index contributed by atoms with van der Waals surface area (Å²) < 4.78 is 0. The Morgan fingerprint density at radius 2 is 1.55 bits per heavy atom. The Hall–Kier alpha value is -2.21. The lowest BCUT2D eigenvalue weighted by molar-refractivity contribution is 0.197. The predicted octanol–water partition coefficient (Wildman–Crippen LogP) is 16.7. The third-order valence-electron chi connectivity index (χ3n) is 10.7. The molecule has 1 N–H and O–H groups in total. The van der Waals surface area contributed by atoms with Crippen LogP contribution in [0.5, 0.6) is 0 Å². The molecule has 55 heavy (non-hydrogen) atoms. The number of allylic oxidation sites excluding steroid dienone is 7. The average molecular weight is 772 g/mol. The van der Waals surface area contributed by atoms with Gasteiger partial charge in [-0.15, -0.1) is 8.58 Å². The first-order valence-corrected chi connectivity index (χ1v) is 24.4. The minimum absolute atomic E-state index is 0.298. The second kappa shape index (κ2) is 32.8. The van der Waals surface area contributed by atoms with Crippen LogP contribution in [0.4, 0.5) is 0 Å². The summed E-state index contributed by atoms with van der Waals surface area (Å²) in [6.45, 7) is 35.8. The van der Waals surface area contributed by atoms with Crippen LogP contribution in [0, 0.1) is 18.3 Å². The van der Waals surface area contributed by atoms with Crippen LogP contribution in [0.25, 0.3) is 0 Å². The zero-order valence-corrected chi connectivity index (χ0v) is 39.7. The molecule has 0 heterocycles. The van der Waals surface area contributed by atoms with Gasteiger partial charge in [-0.25, -0.2) is 0 Å². The second-order valence-corrected chi connectivity index (χ2v) is 18.0. The maximum Gasteiger partial charge on any atom is 0.0205 e. The molecule has 0 aromatic heterocycles. The van der Waals surface area contributed by atoms with Crippen molar-refractivity contribution in [3.63, 3.8) is 0 Å². The Balaban J connectivity index is 0.00000134. The zero-order valence-electron chi connectivity index (χ0n) is 38.7. The topological polar surface area (TPSA) is 12.0 Å². The SMILES string of the molecule is C=C(CCCNCc1ccccc1)Cc1cc(CCCCC)cc(C)c1C1C=C(C)CCC1C(C)(C)C.CC.CCC1=CC=CCC1.CCCC.CCPC. The monoisotopic (exact) mass is 772 g/mol. The number of nitrogens with one attached hydrogen (secondary N) is 1. The molecule has 0 spiro atoms. The number of hydrogen-bond donors (Lipinski definition) is 1. The van der Waals surface area contributed by atoms with Gasteiger partial charge in [0.2, 0.25) is 0 Å². The summed E-state index contributed by atoms with van der Waals surface area (Å²) in [5.41, 5.74) is 12.3. The van der Waals surface area contributed by atoms with Gasteiger partial charge in [0, 0.05) is 12.5 Å². The van der Waals surface area contributed by atoms with E-state index in [4.69, 9.17) is 0 Å². The van der Waals surface area contributed by atoms with E-state index in [1.807, 2.05) is 13.8 Å². The standard InChI is InChI=1S/C36H53N.C8H12.C4H10.C3H9P.C2H6/c1-8-9-11-18-31-24-29(4)35(33-23-28(3)19-20-34(33)36(5,6)7)32(25-31)22-27(2)15-14-21-37-26-30-16-12-10-13-17-30;1-2-8-6-4-3-5-7-8;2*1-3-4-2;1-2/h10,12-13,16-17,23-25,33-34,37H,2,8-9,11,14-15,18-22,26H2,1,3-7H3;3-4,6H,2,5,7H2,1H3;3-4H2,1-2H3;4H,3H2,1-2H3;1-2H3. The molecule has 0 aliphatic heterocycles. The van der Waals surface area contributed by atoms with Crippen molar-refractivity contribution in [3.05, 3.63) is 118 Å². The van der Waals surface area contributed by atoms with Crippen LogP contribution in [0.15, 0.2) is 90.1 Å². The highest BCUT2D eigenvalue weighted by Crippen LogP contribution is 2.47. The summed E-state index contributed by atoms with van der Waals surface area (Å²) in [7, 11) is 1.14. The summed E-state index contributed by atoms with van der Waals surface area (Å²) >= 11 is 0. The molecule has 0 saturated heterocycles. The third-order valence-corrected chi connectivity index (χ3v) is 11.4. The molecule has 0 amide bonds. The van der Waals surface area contributed by atoms with Crippen LogP contribution >= 0.6 is 8.58 Å². The van der Waals surface area contributed by atoms with E-state index in [-0.39, 0.29) is 0 Å². The molecule has 3 atom stereocenters. The maximum absolute atomic E-state index is 4.57. The first-order chi connectivity index (χ1) is 26.4. The molecule has 4 rings (SSSR count). The fraction of sp³-hybridized carbons (Fsp3) is 0.623. The lowest BCUT2D eigenvalue weighted by atomic mass is 9.64. The van der Waals surface area contributed by atoms with E-state index in [0.717, 1.165) is 40.9 Å². The molecule has 0 fully saturated rings. The number of unbranched alkanes of at least 4 members (excludes halogenated alkanes) is 3. The largest absolute Gasteiger partial charge is 0.313 e. The summed E-state index contributed by atoms with van der Waals surface area (Å²) in [4.78, 5) is 0. The minimum Gasteiger partial charge on any atom is -0.313 e. The molecule has 0 radical (unpaired) electrons. The number of benzene rings is 2. The quantitative estimate of drug-likeness (QED) is 0.102. The van der Waals surface area contributed by atoms with Crippen molar-refractivity contribution in [2.45, 2.75) is 185 Å². The van der Waals surface area contributed by atoms with Crippen molar-refractivity contribution in [1.82, 2.24) is 5.32 Å². The summed E-state index contributed by atoms with van der Waals surface area (Å²) in [6.07, 6.45) is 27.8. The van der Waals surface area contributed by atoms with Crippen LogP contribution in [0.2, 0.25) is 0 Å². The summed E-state index contributed by atoms with van der Waals surface area (Å²) in [6, 6.07) is 15.7. The van der Waals surface area contributed by atoms with E-state index in [1.165, 1.54) is 99.1 Å². The van der Waals surface area contributed by atoms with Crippen LogP contribution in [0.1, 0.15) is 187 Å². The highest BCUT2D eigenvalue weighted by molar-refractivity contribution is 7.36. The minimum atomic E-state index is 0.298. The van der Waals surface area contributed by atoms with E-state index < -0.39 is 0 Å². The number of hydrogen-bond acceptors (Lipinski definition) is 1. The van der Waals surface area contributed by atoms with Crippen LogP contribution in [-0.2, 0) is 19.4 Å². The van der Waals surface area contributed by atoms with E-state index in [0.29, 0.717) is 17.3 Å². The number of rotatable bonds is 16. The van der Waals surface area contributed by atoms with Crippen LogP contribution in [-0.4, -0.2) is 19.4 Å². The molecule has 312 valence electrons. The first-order valence-electron chi connectivity index (χ1n) is 22.6. The average Bonchev–Trinajstić information content (AvgIpc) is 3.19. The molecular formula is C53H90NP. The van der Waals surface area contributed by atoms with Gasteiger partial charge in [-0.3, -0.25) is 0 Å². The molecule has 2 aliphatic carbocycles. The second-order valence-electron chi connectivity index (χ2n) is 16.5. The molecule has 0 saturated carbocycles. The lowest BCUT2D eigenvalue weighted by Gasteiger charge is -2.41. The molecule has 0 bridgehead atoms. The zero-order chi connectivity index (χ0) is 41.5. The van der Waals surface area contributed by atoms with Gasteiger partial charge in [0.1, 0.15) is 0 Å². The molecule has 3 unspecified atom stereocenters. The molecular weight excluding hydrogens is 682 g/mol. The van der Waals surface area contributed by atoms with Gasteiger partial charge >= 0.3 is 0 Å². The highest BCUT2D eigenvalue weighted by Gasteiger charge is 2.35. The van der Waals surface area contributed by atoms with Gasteiger partial charge in [-0.05, 0) is 137 Å². The van der Waals surface area contributed by atoms with Gasteiger partial charge in [0.25, 0.3) is 0 Å². The molecule has 2 heteroatoms. The Kier molecular flexibility index (Phi) is 31.5.